The first kappa shape index (κ1) is 16.1. The minimum Gasteiger partial charge on any atom is -0.487 e. The lowest BCUT2D eigenvalue weighted by Gasteiger charge is -2.48. The zero-order valence-electron chi connectivity index (χ0n) is 14.3. The minimum absolute atomic E-state index is 0.0296. The zero-order chi connectivity index (χ0) is 16.8. The van der Waals surface area contributed by atoms with Gasteiger partial charge in [0, 0.05) is 5.92 Å². The highest BCUT2D eigenvalue weighted by Crippen LogP contribution is 2.52. The van der Waals surface area contributed by atoms with Crippen molar-refractivity contribution >= 4 is 11.5 Å². The van der Waals surface area contributed by atoms with E-state index in [1.807, 2.05) is 26.0 Å². The highest BCUT2D eigenvalue weighted by Gasteiger charge is 2.55. The second-order valence-electron chi connectivity index (χ2n) is 7.68. The summed E-state index contributed by atoms with van der Waals surface area (Å²) in [5.41, 5.74) is 2.24. The van der Waals surface area contributed by atoms with Crippen LogP contribution in [0.1, 0.15) is 57.6 Å². The van der Waals surface area contributed by atoms with E-state index in [9.17, 15) is 9.90 Å². The molecule has 0 unspecified atom stereocenters. The molecule has 1 aliphatic heterocycles. The van der Waals surface area contributed by atoms with Crippen molar-refractivity contribution in [3.8, 4) is 5.75 Å². The molecule has 0 saturated heterocycles. The van der Waals surface area contributed by atoms with Crippen LogP contribution in [0.4, 0.5) is 0 Å². The Balaban J connectivity index is 2.01. The fourth-order valence-corrected chi connectivity index (χ4v) is 4.52. The van der Waals surface area contributed by atoms with Gasteiger partial charge in [-0.1, -0.05) is 18.2 Å². The third kappa shape index (κ3) is 2.56. The van der Waals surface area contributed by atoms with E-state index in [0.717, 1.165) is 49.0 Å². The monoisotopic (exact) mass is 314 g/mol. The second-order valence-corrected chi connectivity index (χ2v) is 7.68. The summed E-state index contributed by atoms with van der Waals surface area (Å²) >= 11 is 0. The number of fused-ring (bicyclic) bond motifs is 2. The highest BCUT2D eigenvalue weighted by molar-refractivity contribution is 5.75. The van der Waals surface area contributed by atoms with Crippen LogP contribution in [-0.4, -0.2) is 16.7 Å². The van der Waals surface area contributed by atoms with Crippen molar-refractivity contribution in [3.63, 3.8) is 0 Å². The molecule has 124 valence electrons. The van der Waals surface area contributed by atoms with E-state index >= 15 is 0 Å². The molecule has 3 heteroatoms. The number of carbonyl (C=O) groups is 1. The van der Waals surface area contributed by atoms with Gasteiger partial charge in [0.05, 0.1) is 5.41 Å². The van der Waals surface area contributed by atoms with Gasteiger partial charge in [-0.25, -0.2) is 0 Å². The van der Waals surface area contributed by atoms with Crippen molar-refractivity contribution in [1.82, 2.24) is 0 Å². The zero-order valence-corrected chi connectivity index (χ0v) is 14.3. The van der Waals surface area contributed by atoms with Gasteiger partial charge in [0.25, 0.3) is 0 Å². The van der Waals surface area contributed by atoms with Gasteiger partial charge in [-0.05, 0) is 76.1 Å². The lowest BCUT2D eigenvalue weighted by Crippen LogP contribution is -2.54. The van der Waals surface area contributed by atoms with Crippen molar-refractivity contribution in [2.75, 3.05) is 0 Å². The summed E-state index contributed by atoms with van der Waals surface area (Å²) in [6.07, 6.45) is 4.27. The summed E-state index contributed by atoms with van der Waals surface area (Å²) in [4.78, 5) is 11.9. The predicted molar refractivity (Wildman–Crippen MR) is 91.6 cm³/mol. The summed E-state index contributed by atoms with van der Waals surface area (Å²) in [7, 11) is 0. The van der Waals surface area contributed by atoms with Crippen molar-refractivity contribution in [2.24, 2.45) is 11.3 Å². The number of allylic oxidation sites excluding steroid dienone is 1. The first-order chi connectivity index (χ1) is 10.8. The number of aryl methyl sites for hydroxylation is 1. The van der Waals surface area contributed by atoms with Gasteiger partial charge in [0.2, 0.25) is 0 Å². The molecule has 0 amide bonds. The summed E-state index contributed by atoms with van der Waals surface area (Å²) in [6, 6.07) is 6.22. The molecular weight excluding hydrogens is 288 g/mol. The molecule has 1 N–H and O–H groups in total. The van der Waals surface area contributed by atoms with E-state index in [0.29, 0.717) is 0 Å². The first-order valence-corrected chi connectivity index (χ1v) is 8.47. The standard InChI is InChI=1S/C20H26O3/c1-13(2)14-6-8-16-15(12-14)7-9-17-19(3,18(21)22)10-5-11-20(17,4)23-16/h6,8,12,17H,1,5,7,9-11H2,2-4H3,(H,21,22)/t17-,19+,20-/m0/s1. The maximum Gasteiger partial charge on any atom is 0.309 e. The largest absolute Gasteiger partial charge is 0.487 e. The molecule has 3 nitrogen and oxygen atoms in total. The number of carboxylic acids is 1. The van der Waals surface area contributed by atoms with E-state index < -0.39 is 17.0 Å². The van der Waals surface area contributed by atoms with Crippen molar-refractivity contribution in [3.05, 3.63) is 35.9 Å². The van der Waals surface area contributed by atoms with Gasteiger partial charge in [-0.2, -0.15) is 0 Å². The summed E-state index contributed by atoms with van der Waals surface area (Å²) < 4.78 is 6.44. The Hall–Kier alpha value is -1.77. The summed E-state index contributed by atoms with van der Waals surface area (Å²) in [6.45, 7) is 10.0. The molecule has 3 rings (SSSR count). The molecule has 0 spiro atoms. The molecule has 0 radical (unpaired) electrons. The highest BCUT2D eigenvalue weighted by atomic mass is 16.5. The molecule has 1 aliphatic carbocycles. The maximum absolute atomic E-state index is 11.9. The summed E-state index contributed by atoms with van der Waals surface area (Å²) in [5, 5.41) is 9.81. The first-order valence-electron chi connectivity index (χ1n) is 8.47. The van der Waals surface area contributed by atoms with Crippen LogP contribution in [0.2, 0.25) is 0 Å². The van der Waals surface area contributed by atoms with E-state index in [-0.39, 0.29) is 5.92 Å². The van der Waals surface area contributed by atoms with Crippen molar-refractivity contribution in [2.45, 2.75) is 58.5 Å². The Kier molecular flexibility index (Phi) is 3.78. The van der Waals surface area contributed by atoms with Crippen molar-refractivity contribution in [1.29, 1.82) is 0 Å². The summed E-state index contributed by atoms with van der Waals surface area (Å²) in [5.74, 6) is 0.252. The maximum atomic E-state index is 11.9. The molecular formula is C20H26O3. The molecule has 1 heterocycles. The van der Waals surface area contributed by atoms with Gasteiger partial charge < -0.3 is 9.84 Å². The van der Waals surface area contributed by atoms with E-state index in [1.165, 1.54) is 5.56 Å². The third-order valence-corrected chi connectivity index (χ3v) is 5.96. The SMILES string of the molecule is C=C(C)c1ccc2c(c1)CC[C@H]1[C@](C)(C(=O)O)CCC[C@]1(C)O2. The Labute approximate surface area is 138 Å². The average molecular weight is 314 g/mol. The van der Waals surface area contributed by atoms with Crippen LogP contribution in [0.5, 0.6) is 5.75 Å². The topological polar surface area (TPSA) is 46.5 Å². The molecule has 0 aromatic heterocycles. The lowest BCUT2D eigenvalue weighted by atomic mass is 9.59. The fourth-order valence-electron chi connectivity index (χ4n) is 4.52. The molecule has 1 fully saturated rings. The van der Waals surface area contributed by atoms with Gasteiger partial charge in [-0.15, -0.1) is 0 Å². The number of aliphatic carboxylic acids is 1. The lowest BCUT2D eigenvalue weighted by molar-refractivity contribution is -0.164. The molecule has 0 bridgehead atoms. The average Bonchev–Trinajstić information content (AvgIpc) is 2.62. The minimum atomic E-state index is -0.702. The smallest absolute Gasteiger partial charge is 0.309 e. The Morgan fingerprint density at radius 1 is 1.35 bits per heavy atom. The predicted octanol–water partition coefficient (Wildman–Crippen LogP) is 4.69. The molecule has 23 heavy (non-hydrogen) atoms. The Morgan fingerprint density at radius 2 is 2.09 bits per heavy atom. The van der Waals surface area contributed by atoms with Crippen LogP contribution in [0.3, 0.4) is 0 Å². The van der Waals surface area contributed by atoms with Crippen LogP contribution in [0.15, 0.2) is 24.8 Å². The van der Waals surface area contributed by atoms with Crippen LogP contribution in [0.25, 0.3) is 5.57 Å². The van der Waals surface area contributed by atoms with Crippen LogP contribution in [-0.2, 0) is 11.2 Å². The molecule has 3 atom stereocenters. The molecule has 1 aromatic carbocycles. The Morgan fingerprint density at radius 3 is 2.74 bits per heavy atom. The van der Waals surface area contributed by atoms with E-state index in [2.05, 4.69) is 19.6 Å². The number of hydrogen-bond donors (Lipinski definition) is 1. The van der Waals surface area contributed by atoms with Gasteiger partial charge in [-0.3, -0.25) is 4.79 Å². The van der Waals surface area contributed by atoms with Crippen LogP contribution >= 0.6 is 0 Å². The second kappa shape index (κ2) is 5.40. The van der Waals surface area contributed by atoms with E-state index in [4.69, 9.17) is 4.74 Å². The number of rotatable bonds is 2. The quantitative estimate of drug-likeness (QED) is 0.861. The number of carboxylic acid groups (broad SMARTS) is 1. The van der Waals surface area contributed by atoms with E-state index in [1.54, 1.807) is 0 Å². The molecule has 2 aliphatic rings. The molecule has 1 saturated carbocycles. The van der Waals surface area contributed by atoms with Crippen LogP contribution in [0, 0.1) is 11.3 Å². The number of benzene rings is 1. The molecule has 1 aromatic rings. The number of hydrogen-bond acceptors (Lipinski definition) is 2. The van der Waals surface area contributed by atoms with Gasteiger partial charge in [0.15, 0.2) is 0 Å². The fraction of sp³-hybridized carbons (Fsp3) is 0.550. The van der Waals surface area contributed by atoms with Crippen LogP contribution < -0.4 is 4.74 Å². The number of ether oxygens (including phenoxy) is 1. The van der Waals surface area contributed by atoms with Gasteiger partial charge >= 0.3 is 5.97 Å². The Bertz CT molecular complexity index is 663. The third-order valence-electron chi connectivity index (χ3n) is 5.96. The normalized spacial score (nSPS) is 32.9. The van der Waals surface area contributed by atoms with Crippen molar-refractivity contribution < 1.29 is 14.6 Å². The van der Waals surface area contributed by atoms with Gasteiger partial charge in [0.1, 0.15) is 11.4 Å².